The number of aromatic nitrogens is 3. The molecule has 0 fully saturated rings. The van der Waals surface area contributed by atoms with E-state index < -0.39 is 9.84 Å². The Morgan fingerprint density at radius 2 is 2.11 bits per heavy atom. The molecule has 6 nitrogen and oxygen atoms in total. The maximum Gasteiger partial charge on any atom is 0.190 e. The maximum absolute atomic E-state index is 11.6. The van der Waals surface area contributed by atoms with Crippen LogP contribution in [0, 0.1) is 0 Å². The van der Waals surface area contributed by atoms with E-state index in [1.54, 1.807) is 23.9 Å². The van der Waals surface area contributed by atoms with Gasteiger partial charge in [0, 0.05) is 18.2 Å². The molecule has 0 saturated carbocycles. The Morgan fingerprint density at radius 1 is 1.39 bits per heavy atom. The van der Waals surface area contributed by atoms with E-state index in [9.17, 15) is 8.42 Å². The van der Waals surface area contributed by atoms with E-state index in [2.05, 4.69) is 10.1 Å². The topological polar surface area (TPSA) is 90.9 Å². The quantitative estimate of drug-likeness (QED) is 0.844. The first-order valence-electron chi connectivity index (χ1n) is 5.00. The molecule has 2 rings (SSSR count). The molecule has 0 spiro atoms. The average Bonchev–Trinajstić information content (AvgIpc) is 2.66. The largest absolute Gasteiger partial charge is 0.397 e. The molecule has 2 N–H and O–H groups in total. The number of aryl methyl sites for hydroxylation is 1. The molecule has 1 aromatic heterocycles. The lowest BCUT2D eigenvalue weighted by Crippen LogP contribution is -2.03. The number of sulfone groups is 1. The van der Waals surface area contributed by atoms with Crippen molar-refractivity contribution in [3.8, 4) is 0 Å². The summed E-state index contributed by atoms with van der Waals surface area (Å²) in [6.07, 6.45) is 2.56. The van der Waals surface area contributed by atoms with Gasteiger partial charge in [-0.25, -0.2) is 18.1 Å². The minimum atomic E-state index is -3.33. The first-order valence-corrected chi connectivity index (χ1v) is 7.71. The van der Waals surface area contributed by atoms with Gasteiger partial charge in [-0.1, -0.05) is 6.07 Å². The molecule has 0 amide bonds. The van der Waals surface area contributed by atoms with Crippen LogP contribution in [0.1, 0.15) is 0 Å². The summed E-state index contributed by atoms with van der Waals surface area (Å²) < 4.78 is 24.7. The first kappa shape index (κ1) is 12.9. The van der Waals surface area contributed by atoms with Crippen molar-refractivity contribution in [2.24, 2.45) is 7.05 Å². The summed E-state index contributed by atoms with van der Waals surface area (Å²) >= 11 is 1.28. The molecule has 96 valence electrons. The molecular weight excluding hydrogens is 272 g/mol. The molecule has 0 aliphatic rings. The van der Waals surface area contributed by atoms with Gasteiger partial charge in [0.25, 0.3) is 0 Å². The standard InChI is InChI=1S/C10H12N4O2S2/c1-14-10(12-6-13-14)17-7-4-3-5-8(9(7)11)18(2,15)16/h3-6H,11H2,1-2H3. The van der Waals surface area contributed by atoms with Crippen molar-refractivity contribution in [3.05, 3.63) is 24.5 Å². The van der Waals surface area contributed by atoms with E-state index in [1.165, 1.54) is 24.2 Å². The van der Waals surface area contributed by atoms with Crippen LogP contribution in [0.4, 0.5) is 5.69 Å². The molecule has 0 radical (unpaired) electrons. The predicted molar refractivity (Wildman–Crippen MR) is 69.1 cm³/mol. The van der Waals surface area contributed by atoms with Crippen LogP contribution in [0.5, 0.6) is 0 Å². The van der Waals surface area contributed by atoms with Crippen LogP contribution in [-0.4, -0.2) is 29.4 Å². The Morgan fingerprint density at radius 3 is 2.67 bits per heavy atom. The van der Waals surface area contributed by atoms with Gasteiger partial charge < -0.3 is 5.73 Å². The van der Waals surface area contributed by atoms with E-state index in [0.29, 0.717) is 10.1 Å². The smallest absolute Gasteiger partial charge is 0.190 e. The second kappa shape index (κ2) is 4.62. The van der Waals surface area contributed by atoms with Crippen LogP contribution in [0.3, 0.4) is 0 Å². The number of benzene rings is 1. The van der Waals surface area contributed by atoms with Gasteiger partial charge in [-0.2, -0.15) is 5.10 Å². The first-order chi connectivity index (χ1) is 8.39. The van der Waals surface area contributed by atoms with Gasteiger partial charge in [0.05, 0.1) is 10.6 Å². The lowest BCUT2D eigenvalue weighted by atomic mass is 10.3. The number of para-hydroxylation sites is 1. The molecule has 1 aromatic carbocycles. The zero-order chi connectivity index (χ0) is 13.3. The highest BCUT2D eigenvalue weighted by atomic mass is 32.2. The molecule has 0 unspecified atom stereocenters. The van der Waals surface area contributed by atoms with Gasteiger partial charge in [-0.15, -0.1) is 0 Å². The van der Waals surface area contributed by atoms with Crippen molar-refractivity contribution in [2.45, 2.75) is 14.9 Å². The van der Waals surface area contributed by atoms with Crippen molar-refractivity contribution in [3.63, 3.8) is 0 Å². The minimum Gasteiger partial charge on any atom is -0.397 e. The Bertz CT molecular complexity index is 679. The minimum absolute atomic E-state index is 0.134. The third-order valence-electron chi connectivity index (χ3n) is 2.30. The fourth-order valence-electron chi connectivity index (χ4n) is 1.41. The highest BCUT2D eigenvalue weighted by molar-refractivity contribution is 7.99. The van der Waals surface area contributed by atoms with Crippen molar-refractivity contribution < 1.29 is 8.42 Å². The summed E-state index contributed by atoms with van der Waals surface area (Å²) in [7, 11) is -1.57. The van der Waals surface area contributed by atoms with E-state index >= 15 is 0 Å². The molecule has 1 heterocycles. The van der Waals surface area contributed by atoms with Crippen molar-refractivity contribution in [1.82, 2.24) is 14.8 Å². The number of hydrogen-bond donors (Lipinski definition) is 1. The van der Waals surface area contributed by atoms with E-state index in [4.69, 9.17) is 5.73 Å². The Balaban J connectivity index is 2.45. The van der Waals surface area contributed by atoms with Gasteiger partial charge >= 0.3 is 0 Å². The number of nitrogens with zero attached hydrogens (tertiary/aromatic N) is 3. The van der Waals surface area contributed by atoms with Crippen LogP contribution < -0.4 is 5.73 Å². The Hall–Kier alpha value is -1.54. The molecule has 0 aliphatic heterocycles. The lowest BCUT2D eigenvalue weighted by molar-refractivity contribution is 0.602. The van der Waals surface area contributed by atoms with E-state index in [1.807, 2.05) is 0 Å². The number of hydrogen-bond acceptors (Lipinski definition) is 6. The highest BCUT2D eigenvalue weighted by Crippen LogP contribution is 2.33. The number of nitrogens with two attached hydrogens (primary N) is 1. The maximum atomic E-state index is 11.6. The summed E-state index contributed by atoms with van der Waals surface area (Å²) in [5, 5.41) is 4.58. The number of anilines is 1. The van der Waals surface area contributed by atoms with Gasteiger partial charge in [0.2, 0.25) is 0 Å². The van der Waals surface area contributed by atoms with Crippen molar-refractivity contribution in [2.75, 3.05) is 12.0 Å². The fraction of sp³-hybridized carbons (Fsp3) is 0.200. The Labute approximate surface area is 109 Å². The van der Waals surface area contributed by atoms with Gasteiger partial charge in [-0.05, 0) is 23.9 Å². The van der Waals surface area contributed by atoms with Gasteiger partial charge in [0.15, 0.2) is 15.0 Å². The normalized spacial score (nSPS) is 11.7. The number of nitrogen functional groups attached to an aromatic ring is 1. The van der Waals surface area contributed by atoms with Crippen LogP contribution in [0.2, 0.25) is 0 Å². The third kappa shape index (κ3) is 2.49. The summed E-state index contributed by atoms with van der Waals surface area (Å²) in [5.74, 6) is 0. The van der Waals surface area contributed by atoms with E-state index in [-0.39, 0.29) is 10.6 Å². The van der Waals surface area contributed by atoms with E-state index in [0.717, 1.165) is 6.26 Å². The SMILES string of the molecule is Cn1ncnc1Sc1cccc(S(C)(=O)=O)c1N. The molecule has 2 aromatic rings. The number of rotatable bonds is 3. The Kier molecular flexibility index (Phi) is 3.31. The van der Waals surface area contributed by atoms with Crippen molar-refractivity contribution in [1.29, 1.82) is 0 Å². The zero-order valence-electron chi connectivity index (χ0n) is 9.86. The van der Waals surface area contributed by atoms with Crippen LogP contribution in [0.25, 0.3) is 0 Å². The predicted octanol–water partition coefficient (Wildman–Crippen LogP) is 0.952. The van der Waals surface area contributed by atoms with Crippen LogP contribution in [-0.2, 0) is 16.9 Å². The lowest BCUT2D eigenvalue weighted by Gasteiger charge is -2.08. The molecule has 0 aliphatic carbocycles. The van der Waals surface area contributed by atoms with Gasteiger partial charge in [0.1, 0.15) is 6.33 Å². The summed E-state index contributed by atoms with van der Waals surface area (Å²) in [4.78, 5) is 4.84. The highest BCUT2D eigenvalue weighted by Gasteiger charge is 2.15. The summed E-state index contributed by atoms with van der Waals surface area (Å²) in [5.41, 5.74) is 6.12. The second-order valence-electron chi connectivity index (χ2n) is 3.71. The average molecular weight is 284 g/mol. The monoisotopic (exact) mass is 284 g/mol. The summed E-state index contributed by atoms with van der Waals surface area (Å²) in [6, 6.07) is 4.90. The van der Waals surface area contributed by atoms with Gasteiger partial charge in [-0.3, -0.25) is 0 Å². The molecule has 0 bridgehead atoms. The van der Waals surface area contributed by atoms with Crippen LogP contribution in [0.15, 0.2) is 39.5 Å². The molecule has 0 atom stereocenters. The fourth-order valence-corrected chi connectivity index (χ4v) is 3.15. The molecule has 8 heteroatoms. The summed E-state index contributed by atoms with van der Waals surface area (Å²) in [6.45, 7) is 0. The molecule has 18 heavy (non-hydrogen) atoms. The second-order valence-corrected chi connectivity index (χ2v) is 6.70. The molecular formula is C10H12N4O2S2. The molecule has 0 saturated heterocycles. The third-order valence-corrected chi connectivity index (χ3v) is 4.58. The van der Waals surface area contributed by atoms with Crippen LogP contribution >= 0.6 is 11.8 Å². The van der Waals surface area contributed by atoms with Crippen molar-refractivity contribution >= 4 is 27.3 Å². The zero-order valence-corrected chi connectivity index (χ0v) is 11.5.